The molecule has 4 rings (SSSR count). The fourth-order valence-electron chi connectivity index (χ4n) is 3.85. The third-order valence-corrected chi connectivity index (χ3v) is 5.78. The van der Waals surface area contributed by atoms with Crippen molar-refractivity contribution in [2.45, 2.75) is 31.0 Å². The lowest BCUT2D eigenvalue weighted by atomic mass is 9.97. The molecule has 24 heavy (non-hydrogen) atoms. The van der Waals surface area contributed by atoms with Gasteiger partial charge in [-0.25, -0.2) is 0 Å². The summed E-state index contributed by atoms with van der Waals surface area (Å²) < 4.78 is 11.5. The Morgan fingerprint density at radius 2 is 2.21 bits per heavy atom. The Balaban J connectivity index is 1.32. The summed E-state index contributed by atoms with van der Waals surface area (Å²) in [4.78, 5) is 2.53. The first-order chi connectivity index (χ1) is 11.7. The summed E-state index contributed by atoms with van der Waals surface area (Å²) >= 11 is 1.77. The molecule has 1 spiro atoms. The highest BCUT2D eigenvalue weighted by molar-refractivity contribution is 7.07. The summed E-state index contributed by atoms with van der Waals surface area (Å²) in [5.74, 6) is 0.888. The highest BCUT2D eigenvalue weighted by atomic mass is 32.1. The Morgan fingerprint density at radius 3 is 2.96 bits per heavy atom. The van der Waals surface area contributed by atoms with Crippen molar-refractivity contribution in [2.75, 3.05) is 32.1 Å². The van der Waals surface area contributed by atoms with E-state index in [9.17, 15) is 0 Å². The molecular formula is C19H24N2O2S. The molecule has 0 saturated carbocycles. The van der Waals surface area contributed by atoms with Crippen LogP contribution in [0.3, 0.4) is 0 Å². The van der Waals surface area contributed by atoms with Crippen LogP contribution in [-0.2, 0) is 11.3 Å². The molecule has 2 aliphatic heterocycles. The van der Waals surface area contributed by atoms with Gasteiger partial charge in [-0.15, -0.1) is 0 Å². The number of anilines is 1. The van der Waals surface area contributed by atoms with Gasteiger partial charge in [-0.1, -0.05) is 0 Å². The van der Waals surface area contributed by atoms with Gasteiger partial charge >= 0.3 is 0 Å². The molecule has 2 aromatic rings. The van der Waals surface area contributed by atoms with Gasteiger partial charge in [0.2, 0.25) is 0 Å². The number of nitrogens with one attached hydrogen (secondary N) is 1. The maximum atomic E-state index is 6.25. The molecule has 4 nitrogen and oxygen atoms in total. The number of hydrogen-bond acceptors (Lipinski definition) is 5. The zero-order valence-corrected chi connectivity index (χ0v) is 14.8. The normalized spacial score (nSPS) is 27.0. The lowest BCUT2D eigenvalue weighted by molar-refractivity contribution is 0.0120. The van der Waals surface area contributed by atoms with Crippen LogP contribution in [-0.4, -0.2) is 43.3 Å². The average Bonchev–Trinajstić information content (AvgIpc) is 3.33. The van der Waals surface area contributed by atoms with Crippen LogP contribution in [0.4, 0.5) is 5.69 Å². The molecular weight excluding hydrogens is 320 g/mol. The molecule has 5 heteroatoms. The van der Waals surface area contributed by atoms with E-state index in [0.717, 1.165) is 50.5 Å². The van der Waals surface area contributed by atoms with Crippen molar-refractivity contribution in [3.8, 4) is 5.75 Å². The summed E-state index contributed by atoms with van der Waals surface area (Å²) in [5, 5.41) is 8.01. The fourth-order valence-corrected chi connectivity index (χ4v) is 4.51. The minimum atomic E-state index is 0.0418. The summed E-state index contributed by atoms with van der Waals surface area (Å²) in [7, 11) is 1.69. The summed E-state index contributed by atoms with van der Waals surface area (Å²) in [6, 6.07) is 10.7. The molecule has 3 heterocycles. The van der Waals surface area contributed by atoms with Crippen LogP contribution in [0.15, 0.2) is 41.1 Å². The first-order valence-corrected chi connectivity index (χ1v) is 9.47. The predicted molar refractivity (Wildman–Crippen MR) is 97.9 cm³/mol. The predicted octanol–water partition coefficient (Wildman–Crippen LogP) is 3.60. The highest BCUT2D eigenvalue weighted by Crippen LogP contribution is 2.36. The molecule has 0 amide bonds. The molecule has 0 unspecified atom stereocenters. The van der Waals surface area contributed by atoms with Crippen molar-refractivity contribution in [1.29, 1.82) is 0 Å². The van der Waals surface area contributed by atoms with E-state index in [1.54, 1.807) is 18.4 Å². The summed E-state index contributed by atoms with van der Waals surface area (Å²) in [6.45, 7) is 4.01. The smallest absolute Gasteiger partial charge is 0.119 e. The van der Waals surface area contributed by atoms with E-state index in [1.807, 2.05) is 12.1 Å². The zero-order valence-electron chi connectivity index (χ0n) is 14.0. The highest BCUT2D eigenvalue weighted by Gasteiger charge is 2.45. The SMILES string of the molecule is COc1ccc(N[C@H]2CO[C@]3(CCN(Cc4ccsc4)C3)C2)cc1. The van der Waals surface area contributed by atoms with Crippen molar-refractivity contribution >= 4 is 17.0 Å². The minimum Gasteiger partial charge on any atom is -0.497 e. The van der Waals surface area contributed by atoms with E-state index in [4.69, 9.17) is 9.47 Å². The largest absolute Gasteiger partial charge is 0.497 e. The maximum absolute atomic E-state index is 6.25. The third kappa shape index (κ3) is 3.43. The van der Waals surface area contributed by atoms with Crippen molar-refractivity contribution in [1.82, 2.24) is 4.90 Å². The molecule has 0 aliphatic carbocycles. The van der Waals surface area contributed by atoms with Crippen molar-refractivity contribution in [2.24, 2.45) is 0 Å². The van der Waals surface area contributed by atoms with Gasteiger partial charge in [-0.05, 0) is 53.1 Å². The minimum absolute atomic E-state index is 0.0418. The standard InChI is InChI=1S/C19H24N2O2S/c1-22-18-4-2-16(3-5-18)20-17-10-19(23-12-17)7-8-21(14-19)11-15-6-9-24-13-15/h2-6,9,13,17,20H,7-8,10-12,14H2,1H3/t17-,19-/m1/s1. The Labute approximate surface area is 147 Å². The van der Waals surface area contributed by atoms with Gasteiger partial charge in [0.15, 0.2) is 0 Å². The van der Waals surface area contributed by atoms with E-state index < -0.39 is 0 Å². The Kier molecular flexibility index (Phi) is 4.48. The lowest BCUT2D eigenvalue weighted by Crippen LogP contribution is -2.33. The second-order valence-corrected chi connectivity index (χ2v) is 7.64. The quantitative estimate of drug-likeness (QED) is 0.898. The third-order valence-electron chi connectivity index (χ3n) is 5.05. The van der Waals surface area contributed by atoms with Crippen molar-refractivity contribution in [3.05, 3.63) is 46.7 Å². The summed E-state index contributed by atoms with van der Waals surface area (Å²) in [5.41, 5.74) is 2.60. The first-order valence-electron chi connectivity index (χ1n) is 8.53. The first kappa shape index (κ1) is 15.9. The number of nitrogens with zero attached hydrogens (tertiary/aromatic N) is 1. The number of benzene rings is 1. The molecule has 1 aromatic heterocycles. The number of rotatable bonds is 5. The van der Waals surface area contributed by atoms with Gasteiger partial charge in [0.25, 0.3) is 0 Å². The molecule has 2 saturated heterocycles. The molecule has 128 valence electrons. The number of thiophene rings is 1. The average molecular weight is 344 g/mol. The topological polar surface area (TPSA) is 33.7 Å². The molecule has 1 aromatic carbocycles. The second kappa shape index (κ2) is 6.75. The fraction of sp³-hybridized carbons (Fsp3) is 0.474. The summed E-state index contributed by atoms with van der Waals surface area (Å²) in [6.07, 6.45) is 2.22. The van der Waals surface area contributed by atoms with Crippen LogP contribution in [0.1, 0.15) is 18.4 Å². The monoisotopic (exact) mass is 344 g/mol. The Hall–Kier alpha value is -1.56. The maximum Gasteiger partial charge on any atom is 0.119 e. The molecule has 2 fully saturated rings. The lowest BCUT2D eigenvalue weighted by Gasteiger charge is -2.23. The van der Waals surface area contributed by atoms with Crippen molar-refractivity contribution in [3.63, 3.8) is 0 Å². The molecule has 2 aliphatic rings. The van der Waals surface area contributed by atoms with Gasteiger partial charge in [0.1, 0.15) is 5.75 Å². The number of methoxy groups -OCH3 is 1. The van der Waals surface area contributed by atoms with E-state index in [-0.39, 0.29) is 5.60 Å². The Bertz CT molecular complexity index is 659. The zero-order chi connectivity index (χ0) is 16.4. The molecule has 0 radical (unpaired) electrons. The van der Waals surface area contributed by atoms with Crippen LogP contribution in [0.25, 0.3) is 0 Å². The van der Waals surface area contributed by atoms with Gasteiger partial charge in [0.05, 0.1) is 25.4 Å². The van der Waals surface area contributed by atoms with Crippen LogP contribution in [0.5, 0.6) is 5.75 Å². The number of hydrogen-bond donors (Lipinski definition) is 1. The van der Waals surface area contributed by atoms with Crippen LogP contribution in [0, 0.1) is 0 Å². The number of ether oxygens (including phenoxy) is 2. The molecule has 1 N–H and O–H groups in total. The molecule has 0 bridgehead atoms. The Morgan fingerprint density at radius 1 is 1.33 bits per heavy atom. The van der Waals surface area contributed by atoms with E-state index in [1.165, 1.54) is 5.56 Å². The van der Waals surface area contributed by atoms with Crippen molar-refractivity contribution < 1.29 is 9.47 Å². The van der Waals surface area contributed by atoms with Crippen LogP contribution in [0.2, 0.25) is 0 Å². The number of likely N-dealkylation sites (tertiary alicyclic amines) is 1. The van der Waals surface area contributed by atoms with E-state index in [2.05, 4.69) is 39.2 Å². The van der Waals surface area contributed by atoms with E-state index in [0.29, 0.717) is 6.04 Å². The second-order valence-electron chi connectivity index (χ2n) is 6.86. The molecule has 2 atom stereocenters. The van der Waals surface area contributed by atoms with Crippen LogP contribution >= 0.6 is 11.3 Å². The van der Waals surface area contributed by atoms with Gasteiger partial charge in [-0.3, -0.25) is 4.90 Å². The van der Waals surface area contributed by atoms with Gasteiger partial charge in [-0.2, -0.15) is 11.3 Å². The van der Waals surface area contributed by atoms with Crippen LogP contribution < -0.4 is 10.1 Å². The van der Waals surface area contributed by atoms with E-state index >= 15 is 0 Å². The van der Waals surface area contributed by atoms with Gasteiger partial charge < -0.3 is 14.8 Å². The van der Waals surface area contributed by atoms with Gasteiger partial charge in [0, 0.05) is 31.7 Å².